The van der Waals surface area contributed by atoms with Crippen molar-refractivity contribution in [3.8, 4) is 0 Å². The number of benzene rings is 1. The molecule has 0 fully saturated rings. The topological polar surface area (TPSA) is 23.5 Å². The molecule has 16 heavy (non-hydrogen) atoms. The second-order valence-corrected chi connectivity index (χ2v) is 4.96. The van der Waals surface area contributed by atoms with E-state index < -0.39 is 0 Å². The summed E-state index contributed by atoms with van der Waals surface area (Å²) in [5, 5.41) is 10.2. The lowest BCUT2D eigenvalue weighted by molar-refractivity contribution is 0.0409. The molecule has 0 aromatic heterocycles. The highest BCUT2D eigenvalue weighted by Gasteiger charge is 2.24. The Labute approximate surface area is 98.9 Å². The molecule has 1 rings (SSSR count). The SMILES string of the molecule is CC(C)C(O)C(Cc1ccccc1)N(C)C. The van der Waals surface area contributed by atoms with E-state index in [9.17, 15) is 5.11 Å². The van der Waals surface area contributed by atoms with Crippen LogP contribution in [-0.4, -0.2) is 36.2 Å². The minimum atomic E-state index is -0.282. The molecule has 0 bridgehead atoms. The molecule has 2 unspecified atom stereocenters. The number of aliphatic hydroxyl groups excluding tert-OH is 1. The second kappa shape index (κ2) is 6.02. The molecule has 0 radical (unpaired) electrons. The number of hydrogen-bond donors (Lipinski definition) is 1. The Kier molecular flexibility index (Phi) is 4.97. The van der Waals surface area contributed by atoms with Crippen LogP contribution in [0.2, 0.25) is 0 Å². The number of aliphatic hydroxyl groups is 1. The smallest absolute Gasteiger partial charge is 0.0721 e. The highest BCUT2D eigenvalue weighted by atomic mass is 16.3. The van der Waals surface area contributed by atoms with Gasteiger partial charge in [-0.05, 0) is 32.0 Å². The Morgan fingerprint density at radius 1 is 1.12 bits per heavy atom. The maximum absolute atomic E-state index is 10.2. The van der Waals surface area contributed by atoms with Gasteiger partial charge in [0.1, 0.15) is 0 Å². The molecular weight excluding hydrogens is 198 g/mol. The standard InChI is InChI=1S/C14H23NO/c1-11(2)14(16)13(15(3)4)10-12-8-6-5-7-9-12/h5-9,11,13-14,16H,10H2,1-4H3. The first-order valence-electron chi connectivity index (χ1n) is 5.90. The van der Waals surface area contributed by atoms with Gasteiger partial charge in [-0.15, -0.1) is 0 Å². The van der Waals surface area contributed by atoms with E-state index in [0.29, 0.717) is 0 Å². The van der Waals surface area contributed by atoms with Gasteiger partial charge in [0.15, 0.2) is 0 Å². The lowest BCUT2D eigenvalue weighted by atomic mass is 9.93. The number of likely N-dealkylation sites (N-methyl/N-ethyl adjacent to an activating group) is 1. The largest absolute Gasteiger partial charge is 0.391 e. The molecule has 0 amide bonds. The molecule has 0 heterocycles. The molecule has 2 heteroatoms. The summed E-state index contributed by atoms with van der Waals surface area (Å²) in [5.41, 5.74) is 1.28. The third-order valence-electron chi connectivity index (χ3n) is 3.03. The van der Waals surface area contributed by atoms with E-state index in [2.05, 4.69) is 30.9 Å². The fraction of sp³-hybridized carbons (Fsp3) is 0.571. The first-order valence-corrected chi connectivity index (χ1v) is 5.90. The van der Waals surface area contributed by atoms with Crippen molar-refractivity contribution in [3.05, 3.63) is 35.9 Å². The predicted molar refractivity (Wildman–Crippen MR) is 68.5 cm³/mol. The van der Waals surface area contributed by atoms with Crippen LogP contribution in [0.3, 0.4) is 0 Å². The lowest BCUT2D eigenvalue weighted by Crippen LogP contribution is -2.43. The average molecular weight is 221 g/mol. The van der Waals surface area contributed by atoms with Crippen LogP contribution in [0.1, 0.15) is 19.4 Å². The third-order valence-corrected chi connectivity index (χ3v) is 3.03. The molecule has 0 spiro atoms. The van der Waals surface area contributed by atoms with Gasteiger partial charge in [0, 0.05) is 6.04 Å². The Morgan fingerprint density at radius 2 is 1.69 bits per heavy atom. The van der Waals surface area contributed by atoms with Crippen LogP contribution in [0.5, 0.6) is 0 Å². The Balaban J connectivity index is 2.73. The first-order chi connectivity index (χ1) is 7.52. The zero-order valence-electron chi connectivity index (χ0n) is 10.7. The molecule has 0 saturated heterocycles. The minimum absolute atomic E-state index is 0.183. The summed E-state index contributed by atoms with van der Waals surface area (Å²) in [6.45, 7) is 4.12. The van der Waals surface area contributed by atoms with E-state index in [1.54, 1.807) is 0 Å². The van der Waals surface area contributed by atoms with Crippen molar-refractivity contribution in [1.29, 1.82) is 0 Å². The fourth-order valence-corrected chi connectivity index (χ4v) is 1.91. The van der Waals surface area contributed by atoms with Crippen molar-refractivity contribution >= 4 is 0 Å². The van der Waals surface area contributed by atoms with Crippen molar-refractivity contribution in [2.45, 2.75) is 32.4 Å². The summed E-state index contributed by atoms with van der Waals surface area (Å²) < 4.78 is 0. The number of hydrogen-bond acceptors (Lipinski definition) is 2. The van der Waals surface area contributed by atoms with Crippen LogP contribution >= 0.6 is 0 Å². The Bertz CT molecular complexity index is 295. The van der Waals surface area contributed by atoms with Crippen molar-refractivity contribution in [3.63, 3.8) is 0 Å². The third kappa shape index (κ3) is 3.62. The Hall–Kier alpha value is -0.860. The van der Waals surface area contributed by atoms with Crippen LogP contribution in [0.15, 0.2) is 30.3 Å². The van der Waals surface area contributed by atoms with Gasteiger partial charge in [0.2, 0.25) is 0 Å². The molecule has 0 saturated carbocycles. The first kappa shape index (κ1) is 13.2. The molecule has 0 aliphatic rings. The van der Waals surface area contributed by atoms with Gasteiger partial charge < -0.3 is 10.0 Å². The molecule has 0 aliphatic carbocycles. The van der Waals surface area contributed by atoms with E-state index >= 15 is 0 Å². The van der Waals surface area contributed by atoms with Crippen LogP contribution in [0.4, 0.5) is 0 Å². The monoisotopic (exact) mass is 221 g/mol. The highest BCUT2D eigenvalue weighted by molar-refractivity contribution is 5.16. The van der Waals surface area contributed by atoms with Gasteiger partial charge in [-0.25, -0.2) is 0 Å². The quantitative estimate of drug-likeness (QED) is 0.824. The zero-order chi connectivity index (χ0) is 12.1. The van der Waals surface area contributed by atoms with E-state index in [0.717, 1.165) is 6.42 Å². The van der Waals surface area contributed by atoms with Gasteiger partial charge in [-0.2, -0.15) is 0 Å². The van der Waals surface area contributed by atoms with Gasteiger partial charge in [-0.3, -0.25) is 0 Å². The molecule has 1 aromatic rings. The number of rotatable bonds is 5. The van der Waals surface area contributed by atoms with Crippen LogP contribution in [0, 0.1) is 5.92 Å². The average Bonchev–Trinajstić information content (AvgIpc) is 2.26. The van der Waals surface area contributed by atoms with E-state index in [-0.39, 0.29) is 18.1 Å². The van der Waals surface area contributed by atoms with Crippen molar-refractivity contribution in [2.24, 2.45) is 5.92 Å². The van der Waals surface area contributed by atoms with Crippen LogP contribution in [0.25, 0.3) is 0 Å². The summed E-state index contributed by atoms with van der Waals surface area (Å²) in [4.78, 5) is 2.11. The van der Waals surface area contributed by atoms with Gasteiger partial charge in [-0.1, -0.05) is 44.2 Å². The van der Waals surface area contributed by atoms with E-state index in [1.807, 2.05) is 32.3 Å². The van der Waals surface area contributed by atoms with Crippen molar-refractivity contribution < 1.29 is 5.11 Å². The maximum Gasteiger partial charge on any atom is 0.0721 e. The minimum Gasteiger partial charge on any atom is -0.391 e. The molecular formula is C14H23NO. The molecule has 2 nitrogen and oxygen atoms in total. The van der Waals surface area contributed by atoms with Crippen LogP contribution in [-0.2, 0) is 6.42 Å². The lowest BCUT2D eigenvalue weighted by Gasteiger charge is -2.31. The fourth-order valence-electron chi connectivity index (χ4n) is 1.91. The maximum atomic E-state index is 10.2. The van der Waals surface area contributed by atoms with E-state index in [1.165, 1.54) is 5.56 Å². The predicted octanol–water partition coefficient (Wildman–Crippen LogP) is 2.18. The summed E-state index contributed by atoms with van der Waals surface area (Å²) in [6, 6.07) is 10.5. The normalized spacial score (nSPS) is 15.4. The Morgan fingerprint density at radius 3 is 2.12 bits per heavy atom. The van der Waals surface area contributed by atoms with E-state index in [4.69, 9.17) is 0 Å². The summed E-state index contributed by atoms with van der Waals surface area (Å²) in [5.74, 6) is 0.288. The molecule has 0 aliphatic heterocycles. The second-order valence-electron chi connectivity index (χ2n) is 4.96. The zero-order valence-corrected chi connectivity index (χ0v) is 10.7. The molecule has 1 N–H and O–H groups in total. The summed E-state index contributed by atoms with van der Waals surface area (Å²) in [7, 11) is 4.05. The van der Waals surface area contributed by atoms with Gasteiger partial charge >= 0.3 is 0 Å². The molecule has 2 atom stereocenters. The van der Waals surface area contributed by atoms with Crippen molar-refractivity contribution in [2.75, 3.05) is 14.1 Å². The molecule has 1 aromatic carbocycles. The van der Waals surface area contributed by atoms with Crippen molar-refractivity contribution in [1.82, 2.24) is 4.90 Å². The highest BCUT2D eigenvalue weighted by Crippen LogP contribution is 2.15. The number of nitrogens with zero attached hydrogens (tertiary/aromatic N) is 1. The van der Waals surface area contributed by atoms with Crippen LogP contribution < -0.4 is 0 Å². The summed E-state index contributed by atoms with van der Waals surface area (Å²) in [6.07, 6.45) is 0.614. The van der Waals surface area contributed by atoms with Gasteiger partial charge in [0.05, 0.1) is 6.10 Å². The van der Waals surface area contributed by atoms with Gasteiger partial charge in [0.25, 0.3) is 0 Å². The molecule has 90 valence electrons. The summed E-state index contributed by atoms with van der Waals surface area (Å²) >= 11 is 0.